The molecule has 2 aliphatic carbocycles. The maximum Gasteiger partial charge on any atom is 0.238 e. The van der Waals surface area contributed by atoms with E-state index in [1.54, 1.807) is 24.3 Å². The molecule has 2 aromatic rings. The molecule has 1 N–H and O–H groups in total. The third kappa shape index (κ3) is 2.66. The summed E-state index contributed by atoms with van der Waals surface area (Å²) in [4.78, 5) is 39.5. The van der Waals surface area contributed by atoms with Crippen LogP contribution in [0.4, 0.5) is 11.4 Å². The molecule has 2 aromatic carbocycles. The van der Waals surface area contributed by atoms with Crippen LogP contribution in [0.2, 0.25) is 0 Å². The summed E-state index contributed by atoms with van der Waals surface area (Å²) in [6.07, 6.45) is 5.35. The van der Waals surface area contributed by atoms with E-state index < -0.39 is 0 Å². The van der Waals surface area contributed by atoms with Crippen LogP contribution in [0.15, 0.2) is 66.7 Å². The number of nitrogens with zero attached hydrogens (tertiary/aromatic N) is 1. The lowest BCUT2D eigenvalue weighted by Crippen LogP contribution is -2.32. The molecule has 5 heteroatoms. The van der Waals surface area contributed by atoms with E-state index in [0.717, 1.165) is 12.0 Å². The molecule has 2 fully saturated rings. The van der Waals surface area contributed by atoms with Gasteiger partial charge in [0.05, 0.1) is 23.9 Å². The maximum absolute atomic E-state index is 12.9. The molecular weight excluding hydrogens is 352 g/mol. The first-order valence-corrected chi connectivity index (χ1v) is 9.62. The van der Waals surface area contributed by atoms with Crippen LogP contribution >= 0.6 is 0 Å². The average Bonchev–Trinajstić information content (AvgIpc) is 3.36. The average molecular weight is 372 g/mol. The zero-order chi connectivity index (χ0) is 19.3. The minimum atomic E-state index is -0.223. The van der Waals surface area contributed by atoms with Crippen LogP contribution in [0.1, 0.15) is 12.0 Å². The van der Waals surface area contributed by atoms with Crippen LogP contribution in [0.25, 0.3) is 0 Å². The molecular formula is C23H20N2O3. The van der Waals surface area contributed by atoms with E-state index in [2.05, 4.69) is 17.5 Å². The molecule has 0 aromatic heterocycles. The Balaban J connectivity index is 1.34. The minimum Gasteiger partial charge on any atom is -0.326 e. The van der Waals surface area contributed by atoms with Gasteiger partial charge in [-0.05, 0) is 42.0 Å². The largest absolute Gasteiger partial charge is 0.326 e. The second-order valence-electron chi connectivity index (χ2n) is 7.77. The van der Waals surface area contributed by atoms with E-state index >= 15 is 0 Å². The van der Waals surface area contributed by atoms with Gasteiger partial charge in [0.2, 0.25) is 17.7 Å². The summed E-state index contributed by atoms with van der Waals surface area (Å²) >= 11 is 0. The van der Waals surface area contributed by atoms with Crippen molar-refractivity contribution in [1.82, 2.24) is 0 Å². The summed E-state index contributed by atoms with van der Waals surface area (Å²) in [5.74, 6) is -0.436. The summed E-state index contributed by atoms with van der Waals surface area (Å²) in [5.41, 5.74) is 2.04. The number of benzene rings is 2. The highest BCUT2D eigenvalue weighted by atomic mass is 16.2. The Hall–Kier alpha value is -3.21. The van der Waals surface area contributed by atoms with Gasteiger partial charge in [0, 0.05) is 5.69 Å². The number of rotatable bonds is 4. The predicted octanol–water partition coefficient (Wildman–Crippen LogP) is 3.18. The third-order valence-electron chi connectivity index (χ3n) is 6.07. The van der Waals surface area contributed by atoms with Gasteiger partial charge in [-0.25, -0.2) is 4.90 Å². The number of carbonyl (C=O) groups is 3. The smallest absolute Gasteiger partial charge is 0.238 e. The first-order valence-electron chi connectivity index (χ1n) is 9.62. The predicted molar refractivity (Wildman–Crippen MR) is 105 cm³/mol. The number of imide groups is 1. The summed E-state index contributed by atoms with van der Waals surface area (Å²) in [5, 5.41) is 2.86. The number of carbonyl (C=O) groups excluding carboxylic acids is 3. The van der Waals surface area contributed by atoms with Gasteiger partial charge in [0.1, 0.15) is 0 Å². The van der Waals surface area contributed by atoms with E-state index in [0.29, 0.717) is 11.4 Å². The Kier molecular flexibility index (Phi) is 3.90. The first kappa shape index (κ1) is 16.9. The van der Waals surface area contributed by atoms with E-state index in [4.69, 9.17) is 0 Å². The van der Waals surface area contributed by atoms with Gasteiger partial charge in [-0.3, -0.25) is 14.4 Å². The summed E-state index contributed by atoms with van der Waals surface area (Å²) in [6.45, 7) is 0. The van der Waals surface area contributed by atoms with Crippen LogP contribution in [-0.2, 0) is 20.8 Å². The van der Waals surface area contributed by atoms with Crippen molar-refractivity contribution in [3.05, 3.63) is 72.3 Å². The monoisotopic (exact) mass is 372 g/mol. The third-order valence-corrected chi connectivity index (χ3v) is 6.07. The van der Waals surface area contributed by atoms with Crippen molar-refractivity contribution in [1.29, 1.82) is 0 Å². The topological polar surface area (TPSA) is 66.5 Å². The fourth-order valence-electron chi connectivity index (χ4n) is 4.87. The van der Waals surface area contributed by atoms with Crippen LogP contribution in [0.5, 0.6) is 0 Å². The molecule has 3 amide bonds. The van der Waals surface area contributed by atoms with Gasteiger partial charge in [0.25, 0.3) is 0 Å². The molecule has 28 heavy (non-hydrogen) atoms. The maximum atomic E-state index is 12.9. The van der Waals surface area contributed by atoms with Gasteiger partial charge in [-0.1, -0.05) is 48.6 Å². The molecule has 0 radical (unpaired) electrons. The van der Waals surface area contributed by atoms with Crippen molar-refractivity contribution in [2.75, 3.05) is 10.2 Å². The van der Waals surface area contributed by atoms with Gasteiger partial charge in [-0.15, -0.1) is 0 Å². The summed E-state index contributed by atoms with van der Waals surface area (Å²) < 4.78 is 0. The van der Waals surface area contributed by atoms with Crippen molar-refractivity contribution < 1.29 is 14.4 Å². The second-order valence-corrected chi connectivity index (χ2v) is 7.77. The van der Waals surface area contributed by atoms with E-state index in [1.165, 1.54) is 4.90 Å². The molecule has 5 nitrogen and oxygen atoms in total. The van der Waals surface area contributed by atoms with Crippen molar-refractivity contribution in [3.8, 4) is 0 Å². The standard InChI is InChI=1S/C23H20N2O3/c26-19(11-14-5-2-1-3-6-14)24-17-7-4-8-18(13-17)25-22(27)20-15-9-10-16(12-15)21(20)23(25)28/h1-10,13,15-16,20-21H,11-12H2,(H,24,26)/t15-,16+,20-,21-/m0/s1. The lowest BCUT2D eigenvalue weighted by Gasteiger charge is -2.18. The molecule has 140 valence electrons. The van der Waals surface area contributed by atoms with Gasteiger partial charge >= 0.3 is 0 Å². The van der Waals surface area contributed by atoms with Gasteiger partial charge < -0.3 is 5.32 Å². The van der Waals surface area contributed by atoms with Gasteiger partial charge in [-0.2, -0.15) is 0 Å². The summed E-state index contributed by atoms with van der Waals surface area (Å²) in [6, 6.07) is 16.5. The number of hydrogen-bond acceptors (Lipinski definition) is 3. The zero-order valence-corrected chi connectivity index (χ0v) is 15.2. The highest BCUT2D eigenvalue weighted by Crippen LogP contribution is 2.53. The Morgan fingerprint density at radius 3 is 2.29 bits per heavy atom. The van der Waals surface area contributed by atoms with Crippen LogP contribution in [0, 0.1) is 23.7 Å². The minimum absolute atomic E-state index is 0.111. The molecule has 3 aliphatic rings. The quantitative estimate of drug-likeness (QED) is 0.662. The Bertz CT molecular complexity index is 968. The van der Waals surface area contributed by atoms with E-state index in [-0.39, 0.29) is 47.8 Å². The second kappa shape index (κ2) is 6.44. The Morgan fingerprint density at radius 1 is 0.929 bits per heavy atom. The number of nitrogens with one attached hydrogen (secondary N) is 1. The lowest BCUT2D eigenvalue weighted by molar-refractivity contribution is -0.123. The van der Waals surface area contributed by atoms with E-state index in [9.17, 15) is 14.4 Å². The normalized spacial score (nSPS) is 27.4. The molecule has 2 bridgehead atoms. The van der Waals surface area contributed by atoms with Crippen molar-refractivity contribution in [3.63, 3.8) is 0 Å². The van der Waals surface area contributed by atoms with Crippen molar-refractivity contribution in [2.45, 2.75) is 12.8 Å². The molecule has 1 saturated carbocycles. The zero-order valence-electron chi connectivity index (χ0n) is 15.2. The first-order chi connectivity index (χ1) is 13.6. The number of amides is 3. The molecule has 0 unspecified atom stereocenters. The fourth-order valence-corrected chi connectivity index (χ4v) is 4.87. The molecule has 1 aliphatic heterocycles. The lowest BCUT2D eigenvalue weighted by atomic mass is 9.85. The fraction of sp³-hybridized carbons (Fsp3) is 0.261. The highest BCUT2D eigenvalue weighted by molar-refractivity contribution is 6.23. The van der Waals surface area contributed by atoms with Crippen molar-refractivity contribution >= 4 is 29.1 Å². The molecule has 5 rings (SSSR count). The summed E-state index contributed by atoms with van der Waals surface area (Å²) in [7, 11) is 0. The SMILES string of the molecule is O=C(Cc1ccccc1)Nc1cccc(N2C(=O)[C@@H]3[C@@H](C2=O)[C@H]2C=C[C@@H]3C2)c1. The van der Waals surface area contributed by atoms with Crippen LogP contribution in [-0.4, -0.2) is 17.7 Å². The molecule has 4 atom stereocenters. The van der Waals surface area contributed by atoms with E-state index in [1.807, 2.05) is 30.3 Å². The Morgan fingerprint density at radius 2 is 1.61 bits per heavy atom. The number of hydrogen-bond donors (Lipinski definition) is 1. The van der Waals surface area contributed by atoms with Crippen LogP contribution in [0.3, 0.4) is 0 Å². The highest BCUT2D eigenvalue weighted by Gasteiger charge is 2.59. The number of anilines is 2. The molecule has 0 spiro atoms. The molecule has 1 saturated heterocycles. The Labute approximate surface area is 163 Å². The van der Waals surface area contributed by atoms with Crippen molar-refractivity contribution in [2.24, 2.45) is 23.7 Å². The molecule has 1 heterocycles. The number of fused-ring (bicyclic) bond motifs is 5. The van der Waals surface area contributed by atoms with Gasteiger partial charge in [0.15, 0.2) is 0 Å². The number of allylic oxidation sites excluding steroid dienone is 2. The van der Waals surface area contributed by atoms with Crippen LogP contribution < -0.4 is 10.2 Å².